The van der Waals surface area contributed by atoms with Gasteiger partial charge in [-0.2, -0.15) is 5.26 Å². The van der Waals surface area contributed by atoms with Gasteiger partial charge in [0.05, 0.1) is 12.0 Å². The van der Waals surface area contributed by atoms with Gasteiger partial charge in [-0.3, -0.25) is 0 Å². The monoisotopic (exact) mass is 195 g/mol. The van der Waals surface area contributed by atoms with Crippen molar-refractivity contribution in [3.8, 4) is 6.07 Å². The number of rotatable bonds is 3. The molecule has 2 unspecified atom stereocenters. The predicted molar refractivity (Wildman–Crippen MR) is 57.6 cm³/mol. The normalized spacial score (nSPS) is 30.6. The van der Waals surface area contributed by atoms with Crippen LogP contribution in [0, 0.1) is 23.2 Å². The molecule has 1 rings (SSSR count). The van der Waals surface area contributed by atoms with Gasteiger partial charge in [0.25, 0.3) is 0 Å². The van der Waals surface area contributed by atoms with E-state index in [2.05, 4.69) is 31.7 Å². The molecule has 0 aromatic carbocycles. The Bertz CT molecular complexity index is 227. The van der Waals surface area contributed by atoms with Gasteiger partial charge in [-0.15, -0.1) is 0 Å². The first-order chi connectivity index (χ1) is 6.44. The lowest BCUT2D eigenvalue weighted by Gasteiger charge is -2.23. The van der Waals surface area contributed by atoms with Crippen molar-refractivity contribution in [2.24, 2.45) is 17.6 Å². The first-order valence-corrected chi connectivity index (χ1v) is 5.35. The van der Waals surface area contributed by atoms with Crippen LogP contribution in [0.1, 0.15) is 27.2 Å². The molecule has 1 saturated heterocycles. The molecule has 80 valence electrons. The lowest BCUT2D eigenvalue weighted by molar-refractivity contribution is 0.261. The van der Waals surface area contributed by atoms with E-state index in [1.807, 2.05) is 0 Å². The number of hydrogen-bond acceptors (Lipinski definition) is 3. The minimum Gasteiger partial charge on any atom is -0.324 e. The van der Waals surface area contributed by atoms with E-state index < -0.39 is 0 Å². The van der Waals surface area contributed by atoms with Gasteiger partial charge in [0.15, 0.2) is 0 Å². The van der Waals surface area contributed by atoms with E-state index in [0.717, 1.165) is 26.1 Å². The Morgan fingerprint density at radius 1 is 1.57 bits per heavy atom. The largest absolute Gasteiger partial charge is 0.324 e. The number of nitrogens with zero attached hydrogens (tertiary/aromatic N) is 2. The van der Waals surface area contributed by atoms with Crippen molar-refractivity contribution in [1.82, 2.24) is 4.90 Å². The molecule has 0 radical (unpaired) electrons. The van der Waals surface area contributed by atoms with Crippen molar-refractivity contribution in [2.75, 3.05) is 19.6 Å². The molecule has 1 fully saturated rings. The zero-order valence-corrected chi connectivity index (χ0v) is 9.45. The lowest BCUT2D eigenvalue weighted by atomic mass is 9.97. The minimum atomic E-state index is -0.0447. The topological polar surface area (TPSA) is 53.0 Å². The molecule has 0 saturated carbocycles. The highest BCUT2D eigenvalue weighted by Gasteiger charge is 2.31. The predicted octanol–water partition coefficient (Wildman–Crippen LogP) is 1.21. The third-order valence-corrected chi connectivity index (χ3v) is 3.01. The van der Waals surface area contributed by atoms with Crippen LogP contribution in [-0.2, 0) is 0 Å². The van der Waals surface area contributed by atoms with Crippen LogP contribution in [0.4, 0.5) is 0 Å². The van der Waals surface area contributed by atoms with Gasteiger partial charge in [-0.05, 0) is 19.3 Å². The maximum Gasteiger partial charge on any atom is 0.0672 e. The zero-order valence-electron chi connectivity index (χ0n) is 9.45. The molecule has 0 bridgehead atoms. The summed E-state index contributed by atoms with van der Waals surface area (Å²) in [6, 6.07) is 2.37. The molecule has 0 aromatic rings. The van der Waals surface area contributed by atoms with E-state index in [0.29, 0.717) is 5.92 Å². The van der Waals surface area contributed by atoms with Gasteiger partial charge in [0.2, 0.25) is 0 Å². The summed E-state index contributed by atoms with van der Waals surface area (Å²) in [5, 5.41) is 8.98. The second-order valence-corrected chi connectivity index (χ2v) is 5.12. The standard InChI is InChI=1S/C11H21N3/c1-9(2)10(6-12)7-14-5-4-11(3,13)8-14/h9-10H,4-5,7-8,13H2,1-3H3. The average molecular weight is 195 g/mol. The molecule has 0 aromatic heterocycles. The minimum absolute atomic E-state index is 0.0447. The first-order valence-electron chi connectivity index (χ1n) is 5.35. The Hall–Kier alpha value is -0.590. The number of nitriles is 1. The molecule has 14 heavy (non-hydrogen) atoms. The Balaban J connectivity index is 2.43. The highest BCUT2D eigenvalue weighted by molar-refractivity contribution is 4.94. The fourth-order valence-corrected chi connectivity index (χ4v) is 1.92. The Morgan fingerprint density at radius 3 is 2.57 bits per heavy atom. The highest BCUT2D eigenvalue weighted by atomic mass is 15.2. The maximum absolute atomic E-state index is 8.98. The van der Waals surface area contributed by atoms with Crippen molar-refractivity contribution in [3.63, 3.8) is 0 Å². The summed E-state index contributed by atoms with van der Waals surface area (Å²) < 4.78 is 0. The van der Waals surface area contributed by atoms with Crippen LogP contribution >= 0.6 is 0 Å². The molecule has 1 aliphatic rings. The van der Waals surface area contributed by atoms with Gasteiger partial charge in [0, 0.05) is 25.2 Å². The molecular formula is C11H21N3. The van der Waals surface area contributed by atoms with Crippen molar-refractivity contribution < 1.29 is 0 Å². The Morgan fingerprint density at radius 2 is 2.21 bits per heavy atom. The summed E-state index contributed by atoms with van der Waals surface area (Å²) in [7, 11) is 0. The first kappa shape index (κ1) is 11.5. The lowest BCUT2D eigenvalue weighted by Crippen LogP contribution is -2.40. The van der Waals surface area contributed by atoms with Gasteiger partial charge >= 0.3 is 0 Å². The van der Waals surface area contributed by atoms with E-state index in [1.165, 1.54) is 0 Å². The zero-order chi connectivity index (χ0) is 10.8. The molecular weight excluding hydrogens is 174 g/mol. The van der Waals surface area contributed by atoms with Crippen LogP contribution in [0.5, 0.6) is 0 Å². The highest BCUT2D eigenvalue weighted by Crippen LogP contribution is 2.20. The van der Waals surface area contributed by atoms with Crippen LogP contribution in [0.3, 0.4) is 0 Å². The quantitative estimate of drug-likeness (QED) is 0.736. The summed E-state index contributed by atoms with van der Waals surface area (Å²) in [6.07, 6.45) is 1.04. The molecule has 3 heteroatoms. The Kier molecular flexibility index (Phi) is 3.52. The molecule has 2 atom stereocenters. The third kappa shape index (κ3) is 2.97. The molecule has 1 aliphatic heterocycles. The van der Waals surface area contributed by atoms with Gasteiger partial charge in [-0.25, -0.2) is 0 Å². The van der Waals surface area contributed by atoms with Crippen LogP contribution in [0.25, 0.3) is 0 Å². The summed E-state index contributed by atoms with van der Waals surface area (Å²) in [5.41, 5.74) is 5.99. The molecule has 2 N–H and O–H groups in total. The van der Waals surface area contributed by atoms with Gasteiger partial charge in [-0.1, -0.05) is 13.8 Å². The molecule has 0 aliphatic carbocycles. The summed E-state index contributed by atoms with van der Waals surface area (Å²) in [6.45, 7) is 9.14. The second-order valence-electron chi connectivity index (χ2n) is 5.12. The molecule has 0 spiro atoms. The van der Waals surface area contributed by atoms with E-state index in [9.17, 15) is 0 Å². The third-order valence-electron chi connectivity index (χ3n) is 3.01. The van der Waals surface area contributed by atoms with E-state index in [-0.39, 0.29) is 11.5 Å². The van der Waals surface area contributed by atoms with E-state index in [1.54, 1.807) is 0 Å². The van der Waals surface area contributed by atoms with Crippen LogP contribution in [0.2, 0.25) is 0 Å². The summed E-state index contributed by atoms with van der Waals surface area (Å²) in [5.74, 6) is 0.577. The number of likely N-dealkylation sites (tertiary alicyclic amines) is 1. The van der Waals surface area contributed by atoms with Crippen LogP contribution in [0.15, 0.2) is 0 Å². The summed E-state index contributed by atoms with van der Waals surface area (Å²) >= 11 is 0. The second kappa shape index (κ2) is 4.29. The van der Waals surface area contributed by atoms with Crippen molar-refractivity contribution in [1.29, 1.82) is 5.26 Å². The smallest absolute Gasteiger partial charge is 0.0672 e. The van der Waals surface area contributed by atoms with Crippen molar-refractivity contribution in [3.05, 3.63) is 0 Å². The summed E-state index contributed by atoms with van der Waals surface area (Å²) in [4.78, 5) is 2.31. The molecule has 1 heterocycles. The van der Waals surface area contributed by atoms with E-state index >= 15 is 0 Å². The molecule has 3 nitrogen and oxygen atoms in total. The van der Waals surface area contributed by atoms with Gasteiger partial charge < -0.3 is 10.6 Å². The SMILES string of the molecule is CC(C)C(C#N)CN1CCC(C)(N)C1. The number of hydrogen-bond donors (Lipinski definition) is 1. The molecule has 0 amide bonds. The van der Waals surface area contributed by atoms with Crippen molar-refractivity contribution in [2.45, 2.75) is 32.7 Å². The Labute approximate surface area is 86.9 Å². The van der Waals surface area contributed by atoms with Crippen LogP contribution < -0.4 is 5.73 Å². The fraction of sp³-hybridized carbons (Fsp3) is 0.909. The maximum atomic E-state index is 8.98. The van der Waals surface area contributed by atoms with Crippen molar-refractivity contribution >= 4 is 0 Å². The average Bonchev–Trinajstić information content (AvgIpc) is 2.41. The van der Waals surface area contributed by atoms with E-state index in [4.69, 9.17) is 11.0 Å². The van der Waals surface area contributed by atoms with Gasteiger partial charge in [0.1, 0.15) is 0 Å². The number of nitrogens with two attached hydrogens (primary N) is 1. The fourth-order valence-electron chi connectivity index (χ4n) is 1.92. The van der Waals surface area contributed by atoms with Crippen LogP contribution in [-0.4, -0.2) is 30.1 Å².